The van der Waals surface area contributed by atoms with Gasteiger partial charge in [0.2, 0.25) is 11.8 Å². The molecule has 0 aliphatic carbocycles. The zero-order valence-electron chi connectivity index (χ0n) is 9.12. The van der Waals surface area contributed by atoms with Crippen LogP contribution in [-0.2, 0) is 9.59 Å². The number of amides is 2. The fourth-order valence-electron chi connectivity index (χ4n) is 0.935. The molecule has 0 heterocycles. The number of nitrogens with one attached hydrogen (secondary N) is 2. The predicted molar refractivity (Wildman–Crippen MR) is 56.0 cm³/mol. The van der Waals surface area contributed by atoms with Crippen LogP contribution in [0.25, 0.3) is 0 Å². The van der Waals surface area contributed by atoms with Gasteiger partial charge in [-0.05, 0) is 13.8 Å². The van der Waals surface area contributed by atoms with Gasteiger partial charge >= 0.3 is 0 Å². The molecule has 0 aromatic carbocycles. The zero-order valence-corrected chi connectivity index (χ0v) is 9.12. The zero-order chi connectivity index (χ0) is 11.8. The van der Waals surface area contributed by atoms with Gasteiger partial charge in [0.1, 0.15) is 6.10 Å². The highest BCUT2D eigenvalue weighted by Gasteiger charge is 2.09. The summed E-state index contributed by atoms with van der Waals surface area (Å²) in [7, 11) is 0. The van der Waals surface area contributed by atoms with Gasteiger partial charge in [-0.3, -0.25) is 9.59 Å². The van der Waals surface area contributed by atoms with Gasteiger partial charge in [-0.2, -0.15) is 0 Å². The number of hydrogen-bond donors (Lipinski definition) is 4. The van der Waals surface area contributed by atoms with Gasteiger partial charge in [0.25, 0.3) is 0 Å². The average molecular weight is 217 g/mol. The Morgan fingerprint density at radius 3 is 2.47 bits per heavy atom. The molecule has 6 nitrogen and oxygen atoms in total. The molecule has 0 aliphatic rings. The minimum Gasteiger partial charge on any atom is -0.382 e. The van der Waals surface area contributed by atoms with Crippen molar-refractivity contribution in [2.45, 2.75) is 32.4 Å². The first-order valence-electron chi connectivity index (χ1n) is 4.91. The number of primary amides is 1. The third-order valence-electron chi connectivity index (χ3n) is 1.64. The van der Waals surface area contributed by atoms with Crippen LogP contribution in [0, 0.1) is 0 Å². The highest BCUT2D eigenvalue weighted by molar-refractivity contribution is 5.78. The molecule has 0 rings (SSSR count). The molecule has 6 heteroatoms. The molecule has 0 fully saturated rings. The maximum absolute atomic E-state index is 11.1. The van der Waals surface area contributed by atoms with Crippen molar-refractivity contribution in [3.8, 4) is 0 Å². The van der Waals surface area contributed by atoms with E-state index in [2.05, 4.69) is 10.6 Å². The highest BCUT2D eigenvalue weighted by Crippen LogP contribution is 1.83. The largest absolute Gasteiger partial charge is 0.382 e. The summed E-state index contributed by atoms with van der Waals surface area (Å²) in [5.41, 5.74) is 4.84. The summed E-state index contributed by atoms with van der Waals surface area (Å²) >= 11 is 0. The Balaban J connectivity index is 3.46. The van der Waals surface area contributed by atoms with Crippen molar-refractivity contribution in [1.29, 1.82) is 0 Å². The monoisotopic (exact) mass is 217 g/mol. The lowest BCUT2D eigenvalue weighted by atomic mass is 10.3. The van der Waals surface area contributed by atoms with E-state index in [0.29, 0.717) is 13.0 Å². The second kappa shape index (κ2) is 7.19. The Hall–Kier alpha value is -1.14. The average Bonchev–Trinajstić information content (AvgIpc) is 2.10. The second-order valence-corrected chi connectivity index (χ2v) is 3.59. The van der Waals surface area contributed by atoms with Crippen LogP contribution >= 0.6 is 0 Å². The Bertz CT molecular complexity index is 219. The van der Waals surface area contributed by atoms with E-state index in [1.54, 1.807) is 0 Å². The van der Waals surface area contributed by atoms with Crippen molar-refractivity contribution in [1.82, 2.24) is 10.6 Å². The SMILES string of the molecule is CC(C)NC(=O)CCNCC(O)C(N)=O. The first-order chi connectivity index (χ1) is 6.93. The third-order valence-corrected chi connectivity index (χ3v) is 1.64. The van der Waals surface area contributed by atoms with Gasteiger partial charge in [0, 0.05) is 25.6 Å². The topological polar surface area (TPSA) is 104 Å². The molecule has 1 unspecified atom stereocenters. The molecule has 0 aliphatic heterocycles. The molecular weight excluding hydrogens is 198 g/mol. The van der Waals surface area contributed by atoms with Crippen LogP contribution in [-0.4, -0.2) is 42.2 Å². The summed E-state index contributed by atoms with van der Waals surface area (Å²) in [6.07, 6.45) is -0.887. The number of rotatable bonds is 7. The van der Waals surface area contributed by atoms with Crippen LogP contribution in [0.4, 0.5) is 0 Å². The maximum Gasteiger partial charge on any atom is 0.247 e. The normalized spacial score (nSPS) is 12.5. The summed E-state index contributed by atoms with van der Waals surface area (Å²) < 4.78 is 0. The lowest BCUT2D eigenvalue weighted by molar-refractivity contribution is -0.125. The molecule has 5 N–H and O–H groups in total. The predicted octanol–water partition coefficient (Wildman–Crippen LogP) is -1.66. The van der Waals surface area contributed by atoms with E-state index >= 15 is 0 Å². The van der Waals surface area contributed by atoms with Gasteiger partial charge in [0.05, 0.1) is 0 Å². The second-order valence-electron chi connectivity index (χ2n) is 3.59. The van der Waals surface area contributed by atoms with Gasteiger partial charge < -0.3 is 21.5 Å². The van der Waals surface area contributed by atoms with Gasteiger partial charge in [-0.1, -0.05) is 0 Å². The van der Waals surface area contributed by atoms with Crippen molar-refractivity contribution >= 4 is 11.8 Å². The minimum absolute atomic E-state index is 0.0638. The van der Waals surface area contributed by atoms with Gasteiger partial charge in [-0.15, -0.1) is 0 Å². The first-order valence-corrected chi connectivity index (χ1v) is 4.91. The lowest BCUT2D eigenvalue weighted by Gasteiger charge is -2.10. The van der Waals surface area contributed by atoms with E-state index in [-0.39, 0.29) is 18.5 Å². The molecule has 15 heavy (non-hydrogen) atoms. The smallest absolute Gasteiger partial charge is 0.247 e. The van der Waals surface area contributed by atoms with Crippen molar-refractivity contribution in [2.75, 3.05) is 13.1 Å². The maximum atomic E-state index is 11.1. The number of hydrogen-bond acceptors (Lipinski definition) is 4. The highest BCUT2D eigenvalue weighted by atomic mass is 16.3. The van der Waals surface area contributed by atoms with E-state index in [4.69, 9.17) is 10.8 Å². The van der Waals surface area contributed by atoms with E-state index in [1.165, 1.54) is 0 Å². The fraction of sp³-hybridized carbons (Fsp3) is 0.778. The van der Waals surface area contributed by atoms with E-state index in [0.717, 1.165) is 0 Å². The molecule has 0 saturated carbocycles. The van der Waals surface area contributed by atoms with Crippen LogP contribution in [0.5, 0.6) is 0 Å². The van der Waals surface area contributed by atoms with Crippen molar-refractivity contribution in [3.05, 3.63) is 0 Å². The van der Waals surface area contributed by atoms with E-state index in [9.17, 15) is 9.59 Å². The summed E-state index contributed by atoms with van der Waals surface area (Å²) in [6.45, 7) is 4.23. The summed E-state index contributed by atoms with van der Waals surface area (Å²) in [5.74, 6) is -0.833. The molecule has 0 aromatic heterocycles. The van der Waals surface area contributed by atoms with Crippen molar-refractivity contribution in [2.24, 2.45) is 5.73 Å². The van der Waals surface area contributed by atoms with Crippen molar-refractivity contribution < 1.29 is 14.7 Å². The molecule has 0 saturated heterocycles. The summed E-state index contributed by atoms with van der Waals surface area (Å²) in [4.78, 5) is 21.6. The summed E-state index contributed by atoms with van der Waals surface area (Å²) in [6, 6.07) is 0.119. The number of carbonyl (C=O) groups is 2. The van der Waals surface area contributed by atoms with Crippen LogP contribution in [0.2, 0.25) is 0 Å². The molecule has 0 aromatic rings. The fourth-order valence-corrected chi connectivity index (χ4v) is 0.935. The minimum atomic E-state index is -1.20. The first kappa shape index (κ1) is 13.9. The third kappa shape index (κ3) is 7.90. The van der Waals surface area contributed by atoms with Crippen LogP contribution in [0.1, 0.15) is 20.3 Å². The van der Waals surface area contributed by atoms with E-state index < -0.39 is 12.0 Å². The quantitative estimate of drug-likeness (QED) is 0.383. The summed E-state index contributed by atoms with van der Waals surface area (Å²) in [5, 5.41) is 14.5. The molecule has 0 radical (unpaired) electrons. The van der Waals surface area contributed by atoms with Crippen LogP contribution in [0.3, 0.4) is 0 Å². The number of nitrogens with two attached hydrogens (primary N) is 1. The van der Waals surface area contributed by atoms with Crippen LogP contribution < -0.4 is 16.4 Å². The number of aliphatic hydroxyl groups is 1. The standard InChI is InChI=1S/C9H19N3O3/c1-6(2)12-8(14)3-4-11-5-7(13)9(10)15/h6-7,11,13H,3-5H2,1-2H3,(H2,10,15)(H,12,14). The molecule has 1 atom stereocenters. The van der Waals surface area contributed by atoms with E-state index in [1.807, 2.05) is 13.8 Å². The number of aliphatic hydroxyl groups excluding tert-OH is 1. The Labute approximate surface area is 89.2 Å². The van der Waals surface area contributed by atoms with Crippen molar-refractivity contribution in [3.63, 3.8) is 0 Å². The van der Waals surface area contributed by atoms with Gasteiger partial charge in [0.15, 0.2) is 0 Å². The Morgan fingerprint density at radius 1 is 1.40 bits per heavy atom. The molecule has 2 amide bonds. The Morgan fingerprint density at radius 2 is 2.00 bits per heavy atom. The molecule has 0 spiro atoms. The molecule has 88 valence electrons. The lowest BCUT2D eigenvalue weighted by Crippen LogP contribution is -2.39. The molecular formula is C9H19N3O3. The molecule has 0 bridgehead atoms. The van der Waals surface area contributed by atoms with Gasteiger partial charge in [-0.25, -0.2) is 0 Å². The Kier molecular flexibility index (Phi) is 6.64. The van der Waals surface area contributed by atoms with Crippen LogP contribution in [0.15, 0.2) is 0 Å². The number of carbonyl (C=O) groups excluding carboxylic acids is 2.